The lowest BCUT2D eigenvalue weighted by atomic mass is 10.2. The van der Waals surface area contributed by atoms with Gasteiger partial charge in [-0.1, -0.05) is 0 Å². The quantitative estimate of drug-likeness (QED) is 0.751. The summed E-state index contributed by atoms with van der Waals surface area (Å²) in [6.45, 7) is 5.10. The fraction of sp³-hybridized carbons (Fsp3) is 0.700. The average molecular weight is 180 g/mol. The first-order valence-corrected chi connectivity index (χ1v) is 4.92. The largest absolute Gasteiger partial charge is 0.446 e. The van der Waals surface area contributed by atoms with E-state index in [-0.39, 0.29) is 0 Å². The van der Waals surface area contributed by atoms with Gasteiger partial charge in [0, 0.05) is 12.5 Å². The Morgan fingerprint density at radius 1 is 1.54 bits per heavy atom. The summed E-state index contributed by atoms with van der Waals surface area (Å²) in [5.74, 6) is 1.84. The number of hydrogen-bond donors (Lipinski definition) is 1. The highest BCUT2D eigenvalue weighted by Crippen LogP contribution is 2.14. The monoisotopic (exact) mass is 180 g/mol. The van der Waals surface area contributed by atoms with Gasteiger partial charge in [-0.25, -0.2) is 4.98 Å². The zero-order chi connectivity index (χ0) is 9.26. The van der Waals surface area contributed by atoms with Crippen molar-refractivity contribution in [3.63, 3.8) is 0 Å². The second-order valence-electron chi connectivity index (χ2n) is 3.75. The predicted octanol–water partition coefficient (Wildman–Crippen LogP) is 1.59. The molecule has 0 aromatic carbocycles. The number of nitrogens with zero attached hydrogens (tertiary/aromatic N) is 1. The van der Waals surface area contributed by atoms with Gasteiger partial charge in [-0.3, -0.25) is 0 Å². The first-order valence-electron chi connectivity index (χ1n) is 4.92. The van der Waals surface area contributed by atoms with E-state index in [0.717, 1.165) is 30.3 Å². The Morgan fingerprint density at radius 2 is 2.38 bits per heavy atom. The second-order valence-corrected chi connectivity index (χ2v) is 3.75. The van der Waals surface area contributed by atoms with Gasteiger partial charge in [0.15, 0.2) is 5.89 Å². The van der Waals surface area contributed by atoms with Crippen LogP contribution in [0.15, 0.2) is 4.42 Å². The van der Waals surface area contributed by atoms with E-state index in [9.17, 15) is 0 Å². The van der Waals surface area contributed by atoms with Crippen LogP contribution in [0.25, 0.3) is 0 Å². The van der Waals surface area contributed by atoms with Crippen LogP contribution in [-0.4, -0.2) is 17.6 Å². The van der Waals surface area contributed by atoms with Crippen LogP contribution in [0, 0.1) is 13.8 Å². The molecule has 0 saturated carbocycles. The molecule has 2 rings (SSSR count). The van der Waals surface area contributed by atoms with Crippen LogP contribution in [-0.2, 0) is 6.42 Å². The highest BCUT2D eigenvalue weighted by atomic mass is 16.4. The van der Waals surface area contributed by atoms with Gasteiger partial charge in [-0.05, 0) is 33.2 Å². The van der Waals surface area contributed by atoms with Gasteiger partial charge in [0.05, 0.1) is 5.69 Å². The van der Waals surface area contributed by atoms with Crippen LogP contribution in [0.1, 0.15) is 30.2 Å². The Hall–Kier alpha value is -0.830. The van der Waals surface area contributed by atoms with E-state index in [2.05, 4.69) is 10.3 Å². The maximum absolute atomic E-state index is 5.53. The van der Waals surface area contributed by atoms with Crippen LogP contribution in [0.3, 0.4) is 0 Å². The van der Waals surface area contributed by atoms with Gasteiger partial charge >= 0.3 is 0 Å². The van der Waals surface area contributed by atoms with Crippen LogP contribution < -0.4 is 5.32 Å². The van der Waals surface area contributed by atoms with Crippen LogP contribution in [0.2, 0.25) is 0 Å². The van der Waals surface area contributed by atoms with Crippen LogP contribution >= 0.6 is 0 Å². The Balaban J connectivity index is 2.00. The number of oxazole rings is 1. The van der Waals surface area contributed by atoms with Crippen molar-refractivity contribution < 1.29 is 4.42 Å². The Kier molecular flexibility index (Phi) is 2.36. The van der Waals surface area contributed by atoms with E-state index in [4.69, 9.17) is 4.42 Å². The smallest absolute Gasteiger partial charge is 0.196 e. The third-order valence-corrected chi connectivity index (χ3v) is 2.66. The van der Waals surface area contributed by atoms with Gasteiger partial charge in [-0.2, -0.15) is 0 Å². The summed E-state index contributed by atoms with van der Waals surface area (Å²) in [7, 11) is 0. The molecule has 1 aromatic heterocycles. The molecule has 0 spiro atoms. The van der Waals surface area contributed by atoms with Crippen molar-refractivity contribution in [3.8, 4) is 0 Å². The minimum atomic E-state index is 0.581. The Labute approximate surface area is 78.5 Å². The lowest BCUT2D eigenvalue weighted by molar-refractivity contribution is 0.439. The fourth-order valence-corrected chi connectivity index (χ4v) is 1.77. The van der Waals surface area contributed by atoms with E-state index in [1.54, 1.807) is 0 Å². The van der Waals surface area contributed by atoms with Gasteiger partial charge in [0.2, 0.25) is 0 Å². The summed E-state index contributed by atoms with van der Waals surface area (Å²) in [6.07, 6.45) is 3.47. The molecule has 1 aromatic rings. The summed E-state index contributed by atoms with van der Waals surface area (Å²) in [5, 5.41) is 3.43. The van der Waals surface area contributed by atoms with Gasteiger partial charge in [0.25, 0.3) is 0 Å². The van der Waals surface area contributed by atoms with Gasteiger partial charge in [-0.15, -0.1) is 0 Å². The molecule has 0 amide bonds. The van der Waals surface area contributed by atoms with E-state index >= 15 is 0 Å². The predicted molar refractivity (Wildman–Crippen MR) is 50.7 cm³/mol. The average Bonchev–Trinajstić information content (AvgIpc) is 2.64. The number of hydrogen-bond acceptors (Lipinski definition) is 3. The molecule has 1 aliphatic rings. The minimum absolute atomic E-state index is 0.581. The molecule has 1 aliphatic heterocycles. The summed E-state index contributed by atoms with van der Waals surface area (Å²) < 4.78 is 5.53. The Bertz CT molecular complexity index is 268. The zero-order valence-corrected chi connectivity index (χ0v) is 8.26. The molecule has 0 aliphatic carbocycles. The molecular formula is C10H16N2O. The summed E-state index contributed by atoms with van der Waals surface area (Å²) in [6, 6.07) is 0.581. The molecule has 3 heteroatoms. The molecule has 1 saturated heterocycles. The first kappa shape index (κ1) is 8.75. The van der Waals surface area contributed by atoms with Crippen molar-refractivity contribution in [3.05, 3.63) is 17.3 Å². The van der Waals surface area contributed by atoms with Crippen molar-refractivity contribution in [1.82, 2.24) is 10.3 Å². The fourth-order valence-electron chi connectivity index (χ4n) is 1.77. The van der Waals surface area contributed by atoms with E-state index < -0.39 is 0 Å². The highest BCUT2D eigenvalue weighted by Gasteiger charge is 2.17. The summed E-state index contributed by atoms with van der Waals surface area (Å²) >= 11 is 0. The number of nitrogens with one attached hydrogen (secondary N) is 1. The summed E-state index contributed by atoms with van der Waals surface area (Å²) in [5.41, 5.74) is 1.02. The van der Waals surface area contributed by atoms with E-state index in [0.29, 0.717) is 6.04 Å². The van der Waals surface area contributed by atoms with Crippen molar-refractivity contribution in [2.45, 2.75) is 39.2 Å². The summed E-state index contributed by atoms with van der Waals surface area (Å²) in [4.78, 5) is 4.37. The molecule has 72 valence electrons. The molecule has 0 bridgehead atoms. The van der Waals surface area contributed by atoms with Crippen molar-refractivity contribution in [2.24, 2.45) is 0 Å². The normalized spacial score (nSPS) is 22.5. The maximum atomic E-state index is 5.53. The van der Waals surface area contributed by atoms with Gasteiger partial charge in [0.1, 0.15) is 5.76 Å². The SMILES string of the molecule is Cc1nc(CC2CCCN2)oc1C. The lowest BCUT2D eigenvalue weighted by Gasteiger charge is -2.05. The first-order chi connectivity index (χ1) is 6.25. The zero-order valence-electron chi connectivity index (χ0n) is 8.26. The minimum Gasteiger partial charge on any atom is -0.446 e. The van der Waals surface area contributed by atoms with Crippen molar-refractivity contribution in [2.75, 3.05) is 6.54 Å². The molecule has 1 atom stereocenters. The molecule has 1 N–H and O–H groups in total. The van der Waals surface area contributed by atoms with Gasteiger partial charge < -0.3 is 9.73 Å². The molecule has 1 unspecified atom stereocenters. The van der Waals surface area contributed by atoms with Crippen molar-refractivity contribution in [1.29, 1.82) is 0 Å². The lowest BCUT2D eigenvalue weighted by Crippen LogP contribution is -2.23. The van der Waals surface area contributed by atoms with E-state index in [1.807, 2.05) is 13.8 Å². The molecule has 0 radical (unpaired) electrons. The Morgan fingerprint density at radius 3 is 2.92 bits per heavy atom. The third kappa shape index (κ3) is 1.91. The second kappa shape index (κ2) is 3.50. The molecular weight excluding hydrogens is 164 g/mol. The molecule has 2 heterocycles. The standard InChI is InChI=1S/C10H16N2O/c1-7-8(2)13-10(12-7)6-9-4-3-5-11-9/h9,11H,3-6H2,1-2H3. The number of aromatic nitrogens is 1. The van der Waals surface area contributed by atoms with Crippen LogP contribution in [0.5, 0.6) is 0 Å². The number of aryl methyl sites for hydroxylation is 2. The third-order valence-electron chi connectivity index (χ3n) is 2.66. The number of rotatable bonds is 2. The van der Waals surface area contributed by atoms with E-state index in [1.165, 1.54) is 12.8 Å². The molecule has 1 fully saturated rings. The highest BCUT2D eigenvalue weighted by molar-refractivity contribution is 5.06. The molecule has 13 heavy (non-hydrogen) atoms. The maximum Gasteiger partial charge on any atom is 0.196 e. The molecule has 3 nitrogen and oxygen atoms in total. The topological polar surface area (TPSA) is 38.1 Å². The van der Waals surface area contributed by atoms with Crippen molar-refractivity contribution >= 4 is 0 Å². The van der Waals surface area contributed by atoms with Crippen LogP contribution in [0.4, 0.5) is 0 Å².